The summed E-state index contributed by atoms with van der Waals surface area (Å²) in [6, 6.07) is 0. The normalized spacial score (nSPS) is 12.9. The molecule has 0 saturated heterocycles. The third-order valence-corrected chi connectivity index (χ3v) is 2.95. The minimum absolute atomic E-state index is 0.497. The molecule has 0 spiro atoms. The summed E-state index contributed by atoms with van der Waals surface area (Å²) in [6.07, 6.45) is 2.87. The van der Waals surface area contributed by atoms with Crippen molar-refractivity contribution in [2.24, 2.45) is 5.73 Å². The van der Waals surface area contributed by atoms with E-state index in [1.54, 1.807) is 18.4 Å². The van der Waals surface area contributed by atoms with E-state index in [1.807, 2.05) is 6.20 Å². The molecule has 0 radical (unpaired) electrons. The van der Waals surface area contributed by atoms with E-state index in [-0.39, 0.29) is 0 Å². The van der Waals surface area contributed by atoms with Gasteiger partial charge in [-0.05, 0) is 18.9 Å². The highest BCUT2D eigenvalue weighted by atomic mass is 32.1. The molecule has 1 aromatic heterocycles. The van der Waals surface area contributed by atoms with Crippen molar-refractivity contribution in [2.75, 3.05) is 13.7 Å². The van der Waals surface area contributed by atoms with Crippen molar-refractivity contribution in [3.05, 3.63) is 11.1 Å². The van der Waals surface area contributed by atoms with E-state index in [4.69, 9.17) is 10.5 Å². The van der Waals surface area contributed by atoms with Gasteiger partial charge in [-0.15, -0.1) is 0 Å². The fraction of sp³-hybridized carbons (Fsp3) is 0.625. The lowest BCUT2D eigenvalue weighted by Crippen LogP contribution is -2.03. The van der Waals surface area contributed by atoms with Gasteiger partial charge in [-0.3, -0.25) is 0 Å². The lowest BCUT2D eigenvalue weighted by molar-refractivity contribution is 0.412. The van der Waals surface area contributed by atoms with E-state index in [9.17, 15) is 0 Å². The van der Waals surface area contributed by atoms with E-state index in [0.717, 1.165) is 18.2 Å². The highest BCUT2D eigenvalue weighted by Crippen LogP contribution is 2.28. The van der Waals surface area contributed by atoms with Crippen LogP contribution in [0.2, 0.25) is 0 Å². The van der Waals surface area contributed by atoms with E-state index in [0.29, 0.717) is 5.92 Å². The molecule has 0 fully saturated rings. The first-order chi connectivity index (χ1) is 5.77. The topological polar surface area (TPSA) is 48.1 Å². The van der Waals surface area contributed by atoms with Crippen molar-refractivity contribution >= 4 is 11.3 Å². The fourth-order valence-electron chi connectivity index (χ4n) is 0.984. The standard InChI is InChI=1S/C8H14N2OS/c1-6(3-4-9)7-5-10-8(11-2)12-7/h5-6H,3-4,9H2,1-2H3. The van der Waals surface area contributed by atoms with Gasteiger partial charge in [0.05, 0.1) is 7.11 Å². The van der Waals surface area contributed by atoms with Gasteiger partial charge in [-0.2, -0.15) is 0 Å². The van der Waals surface area contributed by atoms with Crippen molar-refractivity contribution in [1.82, 2.24) is 4.98 Å². The zero-order chi connectivity index (χ0) is 8.97. The van der Waals surface area contributed by atoms with E-state index in [1.165, 1.54) is 4.88 Å². The second kappa shape index (κ2) is 4.42. The van der Waals surface area contributed by atoms with E-state index < -0.39 is 0 Å². The maximum atomic E-state index is 5.46. The highest BCUT2D eigenvalue weighted by Gasteiger charge is 2.08. The lowest BCUT2D eigenvalue weighted by Gasteiger charge is -2.04. The van der Waals surface area contributed by atoms with Crippen LogP contribution in [0.1, 0.15) is 24.1 Å². The molecule has 1 unspecified atom stereocenters. The molecule has 4 heteroatoms. The predicted molar refractivity (Wildman–Crippen MR) is 50.8 cm³/mol. The quantitative estimate of drug-likeness (QED) is 0.777. The summed E-state index contributed by atoms with van der Waals surface area (Å²) in [6.45, 7) is 2.88. The second-order valence-electron chi connectivity index (χ2n) is 2.71. The van der Waals surface area contributed by atoms with Crippen LogP contribution >= 0.6 is 11.3 Å². The Bertz CT molecular complexity index is 237. The van der Waals surface area contributed by atoms with Gasteiger partial charge < -0.3 is 10.5 Å². The molecule has 0 bridgehead atoms. The largest absolute Gasteiger partial charge is 0.473 e. The molecule has 0 aliphatic carbocycles. The summed E-state index contributed by atoms with van der Waals surface area (Å²) < 4.78 is 5.00. The minimum Gasteiger partial charge on any atom is -0.473 e. The zero-order valence-corrected chi connectivity index (χ0v) is 8.23. The molecule has 1 aromatic rings. The maximum Gasteiger partial charge on any atom is 0.273 e. The predicted octanol–water partition coefficient (Wildman–Crippen LogP) is 1.60. The van der Waals surface area contributed by atoms with Gasteiger partial charge in [0.1, 0.15) is 0 Å². The Balaban J connectivity index is 2.61. The summed E-state index contributed by atoms with van der Waals surface area (Å²) in [5, 5.41) is 0.730. The van der Waals surface area contributed by atoms with Crippen molar-refractivity contribution in [3.8, 4) is 5.19 Å². The molecule has 2 N–H and O–H groups in total. The molecule has 12 heavy (non-hydrogen) atoms. The van der Waals surface area contributed by atoms with Gasteiger partial charge in [-0.25, -0.2) is 4.98 Å². The third kappa shape index (κ3) is 2.19. The molecule has 0 aliphatic heterocycles. The number of methoxy groups -OCH3 is 1. The summed E-state index contributed by atoms with van der Waals surface area (Å²) in [7, 11) is 1.64. The van der Waals surface area contributed by atoms with Crippen LogP contribution in [-0.2, 0) is 0 Å². The van der Waals surface area contributed by atoms with Crippen LogP contribution in [0.5, 0.6) is 5.19 Å². The van der Waals surface area contributed by atoms with Crippen LogP contribution in [0.4, 0.5) is 0 Å². The Kier molecular flexibility index (Phi) is 3.49. The number of ether oxygens (including phenoxy) is 1. The highest BCUT2D eigenvalue weighted by molar-refractivity contribution is 7.13. The number of nitrogens with two attached hydrogens (primary N) is 1. The first-order valence-electron chi connectivity index (χ1n) is 3.97. The molecule has 1 rings (SSSR count). The van der Waals surface area contributed by atoms with Crippen LogP contribution in [0, 0.1) is 0 Å². The van der Waals surface area contributed by atoms with Crippen LogP contribution in [0.3, 0.4) is 0 Å². The van der Waals surface area contributed by atoms with Gasteiger partial charge in [0.25, 0.3) is 5.19 Å². The number of hydrogen-bond donors (Lipinski definition) is 1. The fourth-order valence-corrected chi connectivity index (χ4v) is 1.80. The van der Waals surface area contributed by atoms with Crippen molar-refractivity contribution in [3.63, 3.8) is 0 Å². The number of hydrogen-bond acceptors (Lipinski definition) is 4. The van der Waals surface area contributed by atoms with Crippen molar-refractivity contribution in [2.45, 2.75) is 19.3 Å². The Hall–Kier alpha value is -0.610. The van der Waals surface area contributed by atoms with Crippen LogP contribution in [0.15, 0.2) is 6.20 Å². The number of thiazole rings is 1. The average molecular weight is 186 g/mol. The Morgan fingerprint density at radius 2 is 2.50 bits per heavy atom. The molecule has 68 valence electrons. The first kappa shape index (κ1) is 9.48. The smallest absolute Gasteiger partial charge is 0.273 e. The molecule has 0 aliphatic rings. The number of rotatable bonds is 4. The van der Waals surface area contributed by atoms with Gasteiger partial charge >= 0.3 is 0 Å². The van der Waals surface area contributed by atoms with Gasteiger partial charge in [0.2, 0.25) is 0 Å². The maximum absolute atomic E-state index is 5.46. The SMILES string of the molecule is COc1ncc(C(C)CCN)s1. The zero-order valence-electron chi connectivity index (χ0n) is 7.41. The number of nitrogens with zero attached hydrogens (tertiary/aromatic N) is 1. The molecule has 3 nitrogen and oxygen atoms in total. The second-order valence-corrected chi connectivity index (χ2v) is 3.74. The molecular weight excluding hydrogens is 172 g/mol. The van der Waals surface area contributed by atoms with Crippen molar-refractivity contribution < 1.29 is 4.74 Å². The molecule has 0 saturated carbocycles. The van der Waals surface area contributed by atoms with Crippen LogP contribution < -0.4 is 10.5 Å². The Morgan fingerprint density at radius 3 is 3.00 bits per heavy atom. The van der Waals surface area contributed by atoms with Gasteiger partial charge in [-0.1, -0.05) is 18.3 Å². The molecule has 1 atom stereocenters. The van der Waals surface area contributed by atoms with Crippen LogP contribution in [-0.4, -0.2) is 18.6 Å². The first-order valence-corrected chi connectivity index (χ1v) is 4.79. The third-order valence-electron chi connectivity index (χ3n) is 1.76. The molecule has 0 amide bonds. The Labute approximate surface area is 76.6 Å². The number of aromatic nitrogens is 1. The molecule has 1 heterocycles. The summed E-state index contributed by atoms with van der Waals surface area (Å²) >= 11 is 1.59. The van der Waals surface area contributed by atoms with E-state index in [2.05, 4.69) is 11.9 Å². The van der Waals surface area contributed by atoms with Crippen molar-refractivity contribution in [1.29, 1.82) is 0 Å². The van der Waals surface area contributed by atoms with E-state index >= 15 is 0 Å². The molecule has 0 aromatic carbocycles. The minimum atomic E-state index is 0.497. The average Bonchev–Trinajstić information content (AvgIpc) is 2.52. The van der Waals surface area contributed by atoms with Crippen LogP contribution in [0.25, 0.3) is 0 Å². The summed E-state index contributed by atoms with van der Waals surface area (Å²) in [4.78, 5) is 5.34. The summed E-state index contributed by atoms with van der Waals surface area (Å²) in [5.74, 6) is 0.497. The monoisotopic (exact) mass is 186 g/mol. The van der Waals surface area contributed by atoms with Gasteiger partial charge in [0, 0.05) is 11.1 Å². The molecular formula is C8H14N2OS. The van der Waals surface area contributed by atoms with Gasteiger partial charge in [0.15, 0.2) is 0 Å². The summed E-state index contributed by atoms with van der Waals surface area (Å²) in [5.41, 5.74) is 5.46. The lowest BCUT2D eigenvalue weighted by atomic mass is 10.1. The Morgan fingerprint density at radius 1 is 1.75 bits per heavy atom.